The lowest BCUT2D eigenvalue weighted by atomic mass is 10.2. The summed E-state index contributed by atoms with van der Waals surface area (Å²) < 4.78 is 9.31. The molecule has 0 aliphatic carbocycles. The van der Waals surface area contributed by atoms with Crippen LogP contribution in [0, 0.1) is 6.92 Å². The first kappa shape index (κ1) is 17.7. The number of aryl methyl sites for hydroxylation is 1. The average Bonchev–Trinajstić information content (AvgIpc) is 2.90. The van der Waals surface area contributed by atoms with Gasteiger partial charge in [0, 0.05) is 10.0 Å². The molecule has 1 aromatic heterocycles. The number of ether oxygens (including phenoxy) is 1. The number of anilines is 1. The molecule has 128 valence electrons. The largest absolute Gasteiger partial charge is 0.487 e. The standard InChI is InChI=1S/C18H16Br2N4O/c1-12-10-24(18(21)23-12)22-9-14-7-15(19)8-16(20)17(14)25-11-13-5-3-2-4-6-13/h2-10H,11H2,1H3,(H2,21,23). The van der Waals surface area contributed by atoms with E-state index in [-0.39, 0.29) is 0 Å². The highest BCUT2D eigenvalue weighted by molar-refractivity contribution is 9.11. The van der Waals surface area contributed by atoms with Crippen LogP contribution in [0.25, 0.3) is 0 Å². The van der Waals surface area contributed by atoms with E-state index in [9.17, 15) is 0 Å². The number of imidazole rings is 1. The Morgan fingerprint density at radius 2 is 2.00 bits per heavy atom. The van der Waals surface area contributed by atoms with E-state index in [1.807, 2.05) is 49.4 Å². The number of halogens is 2. The third-order valence-corrected chi connectivity index (χ3v) is 4.47. The second-order valence-electron chi connectivity index (χ2n) is 5.41. The molecule has 2 aromatic carbocycles. The molecule has 0 amide bonds. The molecular formula is C18H16Br2N4O. The van der Waals surface area contributed by atoms with Crippen molar-refractivity contribution in [3.8, 4) is 5.75 Å². The van der Waals surface area contributed by atoms with Gasteiger partial charge in [0.2, 0.25) is 5.95 Å². The van der Waals surface area contributed by atoms with E-state index in [4.69, 9.17) is 10.5 Å². The first-order valence-electron chi connectivity index (χ1n) is 7.54. The highest BCUT2D eigenvalue weighted by Crippen LogP contribution is 2.32. The molecule has 3 rings (SSSR count). The lowest BCUT2D eigenvalue weighted by molar-refractivity contribution is 0.304. The fourth-order valence-electron chi connectivity index (χ4n) is 2.28. The minimum absolute atomic E-state index is 0.342. The van der Waals surface area contributed by atoms with Gasteiger partial charge in [0.05, 0.1) is 22.6 Å². The number of aromatic nitrogens is 2. The third-order valence-electron chi connectivity index (χ3n) is 3.42. The maximum absolute atomic E-state index is 6.02. The van der Waals surface area contributed by atoms with Crippen LogP contribution >= 0.6 is 31.9 Å². The summed E-state index contributed by atoms with van der Waals surface area (Å²) >= 11 is 7.05. The van der Waals surface area contributed by atoms with Crippen LogP contribution in [0.15, 0.2) is 62.7 Å². The molecular weight excluding hydrogens is 448 g/mol. The number of rotatable bonds is 5. The minimum Gasteiger partial charge on any atom is -0.487 e. The smallest absolute Gasteiger partial charge is 0.221 e. The highest BCUT2D eigenvalue weighted by Gasteiger charge is 2.10. The van der Waals surface area contributed by atoms with E-state index in [1.165, 1.54) is 4.68 Å². The maximum atomic E-state index is 6.02. The van der Waals surface area contributed by atoms with Gasteiger partial charge in [-0.2, -0.15) is 5.10 Å². The van der Waals surface area contributed by atoms with Crippen molar-refractivity contribution in [2.75, 3.05) is 5.73 Å². The van der Waals surface area contributed by atoms with Crippen molar-refractivity contribution >= 4 is 44.0 Å². The topological polar surface area (TPSA) is 65.4 Å². The molecule has 0 saturated carbocycles. The Kier molecular flexibility index (Phi) is 5.55. The summed E-state index contributed by atoms with van der Waals surface area (Å²) in [5, 5.41) is 4.38. The summed E-state index contributed by atoms with van der Waals surface area (Å²) in [6, 6.07) is 13.9. The van der Waals surface area contributed by atoms with Crippen molar-refractivity contribution in [3.05, 3.63) is 74.4 Å². The van der Waals surface area contributed by atoms with Crippen molar-refractivity contribution in [3.63, 3.8) is 0 Å². The molecule has 0 spiro atoms. The average molecular weight is 464 g/mol. The van der Waals surface area contributed by atoms with Gasteiger partial charge >= 0.3 is 0 Å². The summed E-state index contributed by atoms with van der Waals surface area (Å²) in [6.45, 7) is 2.33. The number of nitrogen functional groups attached to an aromatic ring is 1. The molecule has 5 nitrogen and oxygen atoms in total. The zero-order valence-corrected chi connectivity index (χ0v) is 16.7. The van der Waals surface area contributed by atoms with Gasteiger partial charge in [-0.05, 0) is 40.5 Å². The van der Waals surface area contributed by atoms with Crippen LogP contribution in [0.3, 0.4) is 0 Å². The molecule has 25 heavy (non-hydrogen) atoms. The number of nitrogens with two attached hydrogens (primary N) is 1. The SMILES string of the molecule is Cc1cn(N=Cc2cc(Br)cc(Br)c2OCc2ccccc2)c(N)n1. The molecule has 1 heterocycles. The van der Waals surface area contributed by atoms with Crippen LogP contribution in [0.5, 0.6) is 5.75 Å². The quantitative estimate of drug-likeness (QED) is 0.554. The first-order valence-corrected chi connectivity index (χ1v) is 9.13. The molecule has 0 radical (unpaired) electrons. The minimum atomic E-state index is 0.342. The molecule has 0 unspecified atom stereocenters. The van der Waals surface area contributed by atoms with E-state index in [0.29, 0.717) is 18.3 Å². The van der Waals surface area contributed by atoms with Gasteiger partial charge in [-0.25, -0.2) is 9.66 Å². The van der Waals surface area contributed by atoms with Crippen molar-refractivity contribution in [1.29, 1.82) is 0 Å². The lowest BCUT2D eigenvalue weighted by Crippen LogP contribution is -2.01. The molecule has 3 aromatic rings. The predicted octanol–water partition coefficient (Wildman–Crippen LogP) is 4.76. The second-order valence-corrected chi connectivity index (χ2v) is 7.18. The van der Waals surface area contributed by atoms with E-state index in [2.05, 4.69) is 41.9 Å². The molecule has 2 N–H and O–H groups in total. The van der Waals surface area contributed by atoms with Crippen LogP contribution < -0.4 is 10.5 Å². The summed E-state index contributed by atoms with van der Waals surface area (Å²) in [4.78, 5) is 4.13. The summed E-state index contributed by atoms with van der Waals surface area (Å²) in [5.74, 6) is 1.06. The van der Waals surface area contributed by atoms with Gasteiger partial charge in [-0.3, -0.25) is 0 Å². The van der Waals surface area contributed by atoms with Crippen molar-refractivity contribution < 1.29 is 4.74 Å². The Balaban J connectivity index is 1.88. The van der Waals surface area contributed by atoms with Gasteiger partial charge in [0.1, 0.15) is 12.4 Å². The van der Waals surface area contributed by atoms with Gasteiger partial charge < -0.3 is 10.5 Å². The molecule has 0 aliphatic heterocycles. The van der Waals surface area contributed by atoms with Crippen molar-refractivity contribution in [2.45, 2.75) is 13.5 Å². The number of benzene rings is 2. The van der Waals surface area contributed by atoms with Gasteiger partial charge in [-0.1, -0.05) is 46.3 Å². The third kappa shape index (κ3) is 4.49. The van der Waals surface area contributed by atoms with Gasteiger partial charge in [0.15, 0.2) is 0 Å². The van der Waals surface area contributed by atoms with Crippen molar-refractivity contribution in [2.24, 2.45) is 5.10 Å². The number of hydrogen-bond donors (Lipinski definition) is 1. The van der Waals surface area contributed by atoms with Gasteiger partial charge in [-0.15, -0.1) is 0 Å². The number of hydrogen-bond acceptors (Lipinski definition) is 4. The van der Waals surface area contributed by atoms with Crippen LogP contribution in [-0.4, -0.2) is 15.9 Å². The van der Waals surface area contributed by atoms with E-state index in [0.717, 1.165) is 25.8 Å². The van der Waals surface area contributed by atoms with Crippen LogP contribution in [0.2, 0.25) is 0 Å². The van der Waals surface area contributed by atoms with Crippen LogP contribution in [0.1, 0.15) is 16.8 Å². The van der Waals surface area contributed by atoms with E-state index >= 15 is 0 Å². The predicted molar refractivity (Wildman–Crippen MR) is 107 cm³/mol. The van der Waals surface area contributed by atoms with E-state index in [1.54, 1.807) is 12.4 Å². The van der Waals surface area contributed by atoms with Crippen molar-refractivity contribution in [1.82, 2.24) is 9.66 Å². The van der Waals surface area contributed by atoms with E-state index < -0.39 is 0 Å². The molecule has 0 saturated heterocycles. The number of nitrogens with zero attached hydrogens (tertiary/aromatic N) is 3. The summed E-state index contributed by atoms with van der Waals surface area (Å²) in [6.07, 6.45) is 3.47. The maximum Gasteiger partial charge on any atom is 0.221 e. The fraction of sp³-hybridized carbons (Fsp3) is 0.111. The fourth-order valence-corrected chi connectivity index (χ4v) is 3.65. The zero-order chi connectivity index (χ0) is 17.8. The highest BCUT2D eigenvalue weighted by atomic mass is 79.9. The molecule has 7 heteroatoms. The Bertz CT molecular complexity index is 907. The Labute approximate surface area is 162 Å². The second kappa shape index (κ2) is 7.84. The summed E-state index contributed by atoms with van der Waals surface area (Å²) in [5.41, 5.74) is 8.55. The lowest BCUT2D eigenvalue weighted by Gasteiger charge is -2.12. The monoisotopic (exact) mass is 462 g/mol. The normalized spacial score (nSPS) is 11.2. The van der Waals surface area contributed by atoms with Crippen LogP contribution in [0.4, 0.5) is 5.95 Å². The van der Waals surface area contributed by atoms with Crippen LogP contribution in [-0.2, 0) is 6.61 Å². The molecule has 0 bridgehead atoms. The Morgan fingerprint density at radius 1 is 1.24 bits per heavy atom. The van der Waals surface area contributed by atoms with Gasteiger partial charge in [0.25, 0.3) is 0 Å². The molecule has 0 fully saturated rings. The molecule has 0 atom stereocenters. The summed E-state index contributed by atoms with van der Waals surface area (Å²) in [7, 11) is 0. The Morgan fingerprint density at radius 3 is 2.68 bits per heavy atom. The molecule has 0 aliphatic rings. The zero-order valence-electron chi connectivity index (χ0n) is 13.5. The Hall–Kier alpha value is -2.12. The first-order chi connectivity index (χ1) is 12.0.